The molecule has 0 aliphatic heterocycles. The van der Waals surface area contributed by atoms with Crippen molar-refractivity contribution in [3.05, 3.63) is 59.4 Å². The highest BCUT2D eigenvalue weighted by molar-refractivity contribution is 8.00. The van der Waals surface area contributed by atoms with Gasteiger partial charge in [-0.25, -0.2) is 4.98 Å². The van der Waals surface area contributed by atoms with Crippen molar-refractivity contribution in [1.82, 2.24) is 4.98 Å². The molecule has 0 aliphatic rings. The summed E-state index contributed by atoms with van der Waals surface area (Å²) in [7, 11) is 0. The third kappa shape index (κ3) is 4.41. The second-order valence-electron chi connectivity index (χ2n) is 6.54. The van der Waals surface area contributed by atoms with Crippen LogP contribution in [0, 0.1) is 22.7 Å². The summed E-state index contributed by atoms with van der Waals surface area (Å²) in [4.78, 5) is 28.8. The summed E-state index contributed by atoms with van der Waals surface area (Å²) < 4.78 is 5.39. The van der Waals surface area contributed by atoms with Crippen molar-refractivity contribution in [2.45, 2.75) is 23.6 Å². The molecule has 5 N–H and O–H groups in total. The van der Waals surface area contributed by atoms with Crippen LogP contribution in [0.3, 0.4) is 0 Å². The molecule has 0 radical (unpaired) electrons. The van der Waals surface area contributed by atoms with E-state index in [9.17, 15) is 20.1 Å². The van der Waals surface area contributed by atoms with E-state index >= 15 is 0 Å². The van der Waals surface area contributed by atoms with Gasteiger partial charge in [-0.3, -0.25) is 9.59 Å². The fourth-order valence-electron chi connectivity index (χ4n) is 3.03. The van der Waals surface area contributed by atoms with E-state index in [1.54, 1.807) is 37.3 Å². The van der Waals surface area contributed by atoms with E-state index in [-0.39, 0.29) is 38.8 Å². The molecule has 3 rings (SSSR count). The molecule has 0 saturated carbocycles. The Hall–Kier alpha value is -4.28. The summed E-state index contributed by atoms with van der Waals surface area (Å²) in [5, 5.41) is 21.6. The average molecular weight is 446 g/mol. The van der Waals surface area contributed by atoms with Crippen LogP contribution in [0.4, 0.5) is 11.5 Å². The van der Waals surface area contributed by atoms with Gasteiger partial charge in [-0.15, -0.1) is 0 Å². The normalized spacial score (nSPS) is 11.2. The number of anilines is 2. The van der Waals surface area contributed by atoms with Gasteiger partial charge in [-0.05, 0) is 30.7 Å². The van der Waals surface area contributed by atoms with Gasteiger partial charge in [0.1, 0.15) is 34.3 Å². The first-order chi connectivity index (χ1) is 15.4. The lowest BCUT2D eigenvalue weighted by Crippen LogP contribution is -2.26. The van der Waals surface area contributed by atoms with Crippen molar-refractivity contribution in [2.75, 3.05) is 11.1 Å². The molecule has 0 bridgehead atoms. The minimum absolute atomic E-state index is 0.0220. The number of thioether (sulfide) groups is 1. The number of carbonyl (C=O) groups is 2. The molecule has 10 heteroatoms. The summed E-state index contributed by atoms with van der Waals surface area (Å²) >= 11 is 1.03. The molecule has 9 nitrogen and oxygen atoms in total. The van der Waals surface area contributed by atoms with Gasteiger partial charge >= 0.3 is 0 Å². The number of hydrogen-bond donors (Lipinski definition) is 3. The Labute approximate surface area is 188 Å². The van der Waals surface area contributed by atoms with Crippen LogP contribution in [0.2, 0.25) is 0 Å². The van der Waals surface area contributed by atoms with E-state index in [0.29, 0.717) is 12.2 Å². The number of benzene rings is 1. The SMILES string of the molecule is CCC(Sc1nc(N)c(C#N)c(-c2ccco2)c1C#N)C(=O)Nc1ccccc1C(N)=O. The predicted molar refractivity (Wildman–Crippen MR) is 119 cm³/mol. The Morgan fingerprint density at radius 3 is 2.50 bits per heavy atom. The average Bonchev–Trinajstić information content (AvgIpc) is 3.31. The van der Waals surface area contributed by atoms with Crippen LogP contribution < -0.4 is 16.8 Å². The number of nitrogens with zero attached hydrogens (tertiary/aromatic N) is 3. The lowest BCUT2D eigenvalue weighted by atomic mass is 10.0. The molecule has 3 aromatic rings. The number of nitrogens with two attached hydrogens (primary N) is 2. The predicted octanol–water partition coefficient (Wildman–Crippen LogP) is 3.28. The van der Waals surface area contributed by atoms with Gasteiger partial charge in [0.15, 0.2) is 0 Å². The quantitative estimate of drug-likeness (QED) is 0.464. The number of amides is 2. The van der Waals surface area contributed by atoms with Gasteiger partial charge in [0.05, 0.1) is 33.9 Å². The molecule has 2 amide bonds. The first-order valence-corrected chi connectivity index (χ1v) is 10.3. The number of nitriles is 2. The van der Waals surface area contributed by atoms with Crippen LogP contribution in [0.15, 0.2) is 52.1 Å². The van der Waals surface area contributed by atoms with Crippen molar-refractivity contribution in [1.29, 1.82) is 10.5 Å². The fraction of sp³-hybridized carbons (Fsp3) is 0.136. The van der Waals surface area contributed by atoms with E-state index in [0.717, 1.165) is 11.8 Å². The maximum Gasteiger partial charge on any atom is 0.250 e. The number of nitrogen functional groups attached to an aromatic ring is 1. The third-order valence-corrected chi connectivity index (χ3v) is 5.90. The highest BCUT2D eigenvalue weighted by atomic mass is 32.2. The van der Waals surface area contributed by atoms with E-state index in [2.05, 4.69) is 16.4 Å². The van der Waals surface area contributed by atoms with E-state index < -0.39 is 17.1 Å². The summed E-state index contributed by atoms with van der Waals surface area (Å²) in [6.45, 7) is 1.80. The van der Waals surface area contributed by atoms with E-state index in [1.165, 1.54) is 12.3 Å². The number of rotatable bonds is 7. The monoisotopic (exact) mass is 446 g/mol. The Kier molecular flexibility index (Phi) is 6.78. The maximum absolute atomic E-state index is 12.9. The maximum atomic E-state index is 12.9. The van der Waals surface area contributed by atoms with E-state index in [4.69, 9.17) is 15.9 Å². The van der Waals surface area contributed by atoms with Gasteiger partial charge in [-0.1, -0.05) is 30.8 Å². The summed E-state index contributed by atoms with van der Waals surface area (Å²) in [6, 6.07) is 13.6. The van der Waals surface area contributed by atoms with Gasteiger partial charge in [0.2, 0.25) is 5.91 Å². The molecule has 2 heterocycles. The minimum Gasteiger partial charge on any atom is -0.464 e. The van der Waals surface area contributed by atoms with Gasteiger partial charge in [0.25, 0.3) is 5.91 Å². The first-order valence-electron chi connectivity index (χ1n) is 9.45. The standard InChI is InChI=1S/C22H18N6O3S/c1-2-17(21(30)27-15-7-4-3-6-12(15)20(26)29)32-22-14(11-24)18(16-8-5-9-31-16)13(10-23)19(25)28-22/h3-9,17H,2H2,1H3,(H2,25,28)(H2,26,29)(H,27,30). The molecule has 32 heavy (non-hydrogen) atoms. The molecular formula is C22H18N6O3S. The number of aromatic nitrogens is 1. The number of hydrogen-bond acceptors (Lipinski definition) is 8. The van der Waals surface area contributed by atoms with Crippen LogP contribution in [-0.2, 0) is 4.79 Å². The fourth-order valence-corrected chi connectivity index (χ4v) is 4.05. The van der Waals surface area contributed by atoms with Gasteiger partial charge in [0, 0.05) is 0 Å². The number of para-hydroxylation sites is 1. The van der Waals surface area contributed by atoms with Crippen molar-refractivity contribution < 1.29 is 14.0 Å². The number of nitrogens with one attached hydrogen (secondary N) is 1. The Balaban J connectivity index is 1.99. The minimum atomic E-state index is -0.674. The molecule has 1 atom stereocenters. The molecule has 160 valence electrons. The molecule has 1 aromatic carbocycles. The van der Waals surface area contributed by atoms with Crippen molar-refractivity contribution in [3.8, 4) is 23.5 Å². The first kappa shape index (κ1) is 22.4. The second kappa shape index (κ2) is 9.69. The van der Waals surface area contributed by atoms with Crippen LogP contribution in [-0.4, -0.2) is 22.0 Å². The molecule has 2 aromatic heterocycles. The topological polar surface area (TPSA) is 172 Å². The zero-order valence-electron chi connectivity index (χ0n) is 17.0. The lowest BCUT2D eigenvalue weighted by molar-refractivity contribution is -0.115. The number of furan rings is 1. The Morgan fingerprint density at radius 2 is 1.91 bits per heavy atom. The Morgan fingerprint density at radius 1 is 1.19 bits per heavy atom. The smallest absolute Gasteiger partial charge is 0.250 e. The zero-order chi connectivity index (χ0) is 23.3. The molecular weight excluding hydrogens is 428 g/mol. The summed E-state index contributed by atoms with van der Waals surface area (Å²) in [5.41, 5.74) is 12.2. The highest BCUT2D eigenvalue weighted by Crippen LogP contribution is 2.37. The lowest BCUT2D eigenvalue weighted by Gasteiger charge is -2.17. The molecule has 0 saturated heterocycles. The number of primary amides is 1. The molecule has 0 aliphatic carbocycles. The molecule has 0 spiro atoms. The van der Waals surface area contributed by atoms with Gasteiger partial charge in [-0.2, -0.15) is 10.5 Å². The van der Waals surface area contributed by atoms with Crippen molar-refractivity contribution >= 4 is 35.1 Å². The number of carbonyl (C=O) groups excluding carboxylic acids is 2. The molecule has 0 fully saturated rings. The van der Waals surface area contributed by atoms with Crippen molar-refractivity contribution in [2.24, 2.45) is 5.73 Å². The summed E-state index contributed by atoms with van der Waals surface area (Å²) in [6.07, 6.45) is 1.80. The number of pyridine rings is 1. The zero-order valence-corrected chi connectivity index (χ0v) is 17.8. The van der Waals surface area contributed by atoms with Crippen LogP contribution in [0.1, 0.15) is 34.8 Å². The Bertz CT molecular complexity index is 1260. The second-order valence-corrected chi connectivity index (χ2v) is 7.73. The summed E-state index contributed by atoms with van der Waals surface area (Å²) in [5.74, 6) is -0.853. The van der Waals surface area contributed by atoms with E-state index in [1.807, 2.05) is 6.07 Å². The van der Waals surface area contributed by atoms with Crippen LogP contribution in [0.5, 0.6) is 0 Å². The van der Waals surface area contributed by atoms with Crippen molar-refractivity contribution in [3.63, 3.8) is 0 Å². The largest absolute Gasteiger partial charge is 0.464 e. The van der Waals surface area contributed by atoms with Gasteiger partial charge < -0.3 is 21.2 Å². The third-order valence-electron chi connectivity index (χ3n) is 4.55. The highest BCUT2D eigenvalue weighted by Gasteiger charge is 2.27. The van der Waals surface area contributed by atoms with Crippen LogP contribution in [0.25, 0.3) is 11.3 Å². The van der Waals surface area contributed by atoms with Crippen LogP contribution >= 0.6 is 11.8 Å². The molecule has 1 unspecified atom stereocenters.